The fourth-order valence-corrected chi connectivity index (χ4v) is 3.80. The molecule has 0 radical (unpaired) electrons. The van der Waals surface area contributed by atoms with E-state index in [4.69, 9.17) is 14.2 Å². The van der Waals surface area contributed by atoms with E-state index in [1.165, 1.54) is 6.42 Å². The van der Waals surface area contributed by atoms with Gasteiger partial charge in [0, 0.05) is 0 Å². The first kappa shape index (κ1) is 17.3. The molecule has 24 heavy (non-hydrogen) atoms. The molecule has 1 heterocycles. The summed E-state index contributed by atoms with van der Waals surface area (Å²) in [6.45, 7) is 6.76. The van der Waals surface area contributed by atoms with Crippen LogP contribution in [0.2, 0.25) is 0 Å². The number of hydrogen-bond donors (Lipinski definition) is 0. The van der Waals surface area contributed by atoms with Gasteiger partial charge in [-0.3, -0.25) is 0 Å². The van der Waals surface area contributed by atoms with E-state index in [1.54, 1.807) is 7.11 Å². The number of carbonyl (C=O) groups excluding carboxylic acids is 1. The summed E-state index contributed by atoms with van der Waals surface area (Å²) in [5.41, 5.74) is 0.995. The van der Waals surface area contributed by atoms with Crippen LogP contribution in [0.4, 0.5) is 0 Å². The van der Waals surface area contributed by atoms with Crippen LogP contribution in [-0.2, 0) is 14.3 Å². The van der Waals surface area contributed by atoms with Crippen molar-refractivity contribution in [3.05, 3.63) is 29.8 Å². The molecule has 1 saturated carbocycles. The fourth-order valence-electron chi connectivity index (χ4n) is 3.80. The molecular weight excluding hydrogens is 304 g/mol. The van der Waals surface area contributed by atoms with Crippen LogP contribution in [-0.4, -0.2) is 25.3 Å². The lowest BCUT2D eigenvalue weighted by atomic mass is 9.75. The molecular formula is C20H28O4. The summed E-state index contributed by atoms with van der Waals surface area (Å²) in [4.78, 5) is 12.4. The topological polar surface area (TPSA) is 48.1 Å². The maximum atomic E-state index is 12.4. The number of epoxide rings is 1. The van der Waals surface area contributed by atoms with Crippen LogP contribution in [0.15, 0.2) is 24.3 Å². The van der Waals surface area contributed by atoms with Crippen molar-refractivity contribution in [3.8, 4) is 5.75 Å². The molecule has 2 aliphatic rings. The number of benzene rings is 1. The number of rotatable bonds is 5. The highest BCUT2D eigenvalue weighted by molar-refractivity contribution is 5.78. The lowest BCUT2D eigenvalue weighted by Gasteiger charge is -2.35. The van der Waals surface area contributed by atoms with Crippen molar-refractivity contribution in [2.24, 2.45) is 17.8 Å². The zero-order chi connectivity index (χ0) is 17.3. The average Bonchev–Trinajstić information content (AvgIpc) is 3.35. The first-order valence-corrected chi connectivity index (χ1v) is 8.97. The van der Waals surface area contributed by atoms with Gasteiger partial charge in [0.15, 0.2) is 6.10 Å². The molecule has 1 aromatic carbocycles. The molecule has 4 heteroatoms. The summed E-state index contributed by atoms with van der Waals surface area (Å²) in [6, 6.07) is 7.65. The van der Waals surface area contributed by atoms with Gasteiger partial charge in [-0.15, -0.1) is 0 Å². The second kappa shape index (κ2) is 7.14. The first-order valence-electron chi connectivity index (χ1n) is 8.97. The van der Waals surface area contributed by atoms with Crippen LogP contribution in [0.25, 0.3) is 0 Å². The van der Waals surface area contributed by atoms with Crippen molar-refractivity contribution in [1.29, 1.82) is 0 Å². The van der Waals surface area contributed by atoms with Crippen LogP contribution in [0.3, 0.4) is 0 Å². The number of methoxy groups -OCH3 is 1. The molecule has 0 bridgehead atoms. The molecule has 3 rings (SSSR count). The van der Waals surface area contributed by atoms with E-state index in [-0.39, 0.29) is 18.2 Å². The minimum absolute atomic E-state index is 0.0365. The average molecular weight is 332 g/mol. The SMILES string of the molecule is COc1ccc([C@@H]2O[C@H]2C(=O)OC2CC(C)CC(C(C)C)C2)cc1. The third-order valence-corrected chi connectivity index (χ3v) is 5.33. The van der Waals surface area contributed by atoms with Gasteiger partial charge in [0.2, 0.25) is 0 Å². The van der Waals surface area contributed by atoms with Crippen LogP contribution in [0.1, 0.15) is 51.7 Å². The molecule has 2 fully saturated rings. The van der Waals surface area contributed by atoms with E-state index in [2.05, 4.69) is 20.8 Å². The summed E-state index contributed by atoms with van der Waals surface area (Å²) in [5, 5.41) is 0. The normalized spacial score (nSPS) is 32.5. The zero-order valence-corrected chi connectivity index (χ0v) is 15.0. The molecule has 0 amide bonds. The number of ether oxygens (including phenoxy) is 3. The van der Waals surface area contributed by atoms with E-state index < -0.39 is 6.10 Å². The Kier molecular flexibility index (Phi) is 5.14. The van der Waals surface area contributed by atoms with Crippen LogP contribution < -0.4 is 4.74 Å². The van der Waals surface area contributed by atoms with Crippen LogP contribution in [0.5, 0.6) is 5.75 Å². The number of esters is 1. The van der Waals surface area contributed by atoms with Crippen molar-refractivity contribution in [1.82, 2.24) is 0 Å². The quantitative estimate of drug-likeness (QED) is 0.600. The van der Waals surface area contributed by atoms with Crippen molar-refractivity contribution in [3.63, 3.8) is 0 Å². The fraction of sp³-hybridized carbons (Fsp3) is 0.650. The Labute approximate surface area is 144 Å². The molecule has 132 valence electrons. The Balaban J connectivity index is 1.54. The van der Waals surface area contributed by atoms with Crippen molar-refractivity contribution >= 4 is 5.97 Å². The highest BCUT2D eigenvalue weighted by atomic mass is 16.6. The third-order valence-electron chi connectivity index (χ3n) is 5.33. The van der Waals surface area contributed by atoms with Crippen LogP contribution in [0, 0.1) is 17.8 Å². The van der Waals surface area contributed by atoms with E-state index in [0.29, 0.717) is 17.8 Å². The smallest absolute Gasteiger partial charge is 0.338 e. The third kappa shape index (κ3) is 3.92. The monoisotopic (exact) mass is 332 g/mol. The summed E-state index contributed by atoms with van der Waals surface area (Å²) < 4.78 is 16.5. The summed E-state index contributed by atoms with van der Waals surface area (Å²) >= 11 is 0. The summed E-state index contributed by atoms with van der Waals surface area (Å²) in [7, 11) is 1.64. The highest BCUT2D eigenvalue weighted by Crippen LogP contribution is 2.41. The van der Waals surface area contributed by atoms with E-state index in [0.717, 1.165) is 24.2 Å². The molecule has 1 aliphatic heterocycles. The standard InChI is InChI=1S/C20H28O4/c1-12(2)15-9-13(3)10-17(11-15)23-20(21)19-18(24-19)14-5-7-16(22-4)8-6-14/h5-8,12-13,15,17-19H,9-11H2,1-4H3/t13?,15?,17?,18-,19+/m0/s1. The van der Waals surface area contributed by atoms with Gasteiger partial charge >= 0.3 is 5.97 Å². The number of hydrogen-bond acceptors (Lipinski definition) is 4. The molecule has 1 saturated heterocycles. The van der Waals surface area contributed by atoms with Crippen molar-refractivity contribution in [2.45, 2.75) is 58.3 Å². The highest BCUT2D eigenvalue weighted by Gasteiger charge is 2.48. The maximum Gasteiger partial charge on any atom is 0.338 e. The van der Waals surface area contributed by atoms with Gasteiger partial charge in [-0.2, -0.15) is 0 Å². The second-order valence-electron chi connectivity index (χ2n) is 7.63. The van der Waals surface area contributed by atoms with Gasteiger partial charge in [0.25, 0.3) is 0 Å². The molecule has 1 aliphatic carbocycles. The van der Waals surface area contributed by atoms with Gasteiger partial charge < -0.3 is 14.2 Å². The van der Waals surface area contributed by atoms with Gasteiger partial charge in [-0.05, 0) is 54.7 Å². The minimum atomic E-state index is -0.451. The molecule has 1 aromatic rings. The van der Waals surface area contributed by atoms with Crippen molar-refractivity contribution < 1.29 is 19.0 Å². The van der Waals surface area contributed by atoms with Gasteiger partial charge in [0.05, 0.1) is 7.11 Å². The first-order chi connectivity index (χ1) is 11.5. The van der Waals surface area contributed by atoms with E-state index in [9.17, 15) is 4.79 Å². The Morgan fingerprint density at radius 3 is 2.50 bits per heavy atom. The zero-order valence-electron chi connectivity index (χ0n) is 15.0. The predicted molar refractivity (Wildman–Crippen MR) is 91.8 cm³/mol. The predicted octanol–water partition coefficient (Wildman–Crippen LogP) is 4.14. The Morgan fingerprint density at radius 1 is 1.17 bits per heavy atom. The van der Waals surface area contributed by atoms with E-state index >= 15 is 0 Å². The Bertz CT molecular complexity index is 566. The number of carbonyl (C=O) groups is 1. The second-order valence-corrected chi connectivity index (χ2v) is 7.63. The molecule has 0 N–H and O–H groups in total. The lowest BCUT2D eigenvalue weighted by molar-refractivity contribution is -0.154. The molecule has 0 spiro atoms. The minimum Gasteiger partial charge on any atom is -0.497 e. The maximum absolute atomic E-state index is 12.4. The molecule has 3 unspecified atom stereocenters. The van der Waals surface area contributed by atoms with E-state index in [1.807, 2.05) is 24.3 Å². The lowest BCUT2D eigenvalue weighted by Crippen LogP contribution is -2.32. The summed E-state index contributed by atoms with van der Waals surface area (Å²) in [6.07, 6.45) is 2.59. The van der Waals surface area contributed by atoms with Crippen LogP contribution >= 0.6 is 0 Å². The Morgan fingerprint density at radius 2 is 1.88 bits per heavy atom. The summed E-state index contributed by atoms with van der Waals surface area (Å²) in [5.74, 6) is 2.48. The molecule has 5 atom stereocenters. The van der Waals surface area contributed by atoms with Gasteiger partial charge in [0.1, 0.15) is 18.0 Å². The largest absolute Gasteiger partial charge is 0.497 e. The molecule has 4 nitrogen and oxygen atoms in total. The Hall–Kier alpha value is -1.55. The molecule has 0 aromatic heterocycles. The van der Waals surface area contributed by atoms with Gasteiger partial charge in [-0.25, -0.2) is 4.79 Å². The van der Waals surface area contributed by atoms with Crippen molar-refractivity contribution in [2.75, 3.05) is 7.11 Å². The van der Waals surface area contributed by atoms with Gasteiger partial charge in [-0.1, -0.05) is 32.9 Å².